The third kappa shape index (κ3) is 2.41. The van der Waals surface area contributed by atoms with Gasteiger partial charge in [0.1, 0.15) is 17.3 Å². The molecule has 1 amide bonds. The number of fused-ring (bicyclic) bond motifs is 1. The summed E-state index contributed by atoms with van der Waals surface area (Å²) in [7, 11) is 0. The second kappa shape index (κ2) is 5.63. The van der Waals surface area contributed by atoms with Crippen molar-refractivity contribution >= 4 is 22.9 Å². The van der Waals surface area contributed by atoms with E-state index >= 15 is 0 Å². The number of aromatic nitrogens is 2. The third-order valence-electron chi connectivity index (χ3n) is 3.74. The van der Waals surface area contributed by atoms with Crippen LogP contribution in [0.1, 0.15) is 32.2 Å². The topological polar surface area (TPSA) is 82.2 Å². The van der Waals surface area contributed by atoms with Crippen molar-refractivity contribution < 1.29 is 9.53 Å². The summed E-state index contributed by atoms with van der Waals surface area (Å²) in [4.78, 5) is 16.5. The molecule has 6 nitrogen and oxygen atoms in total. The second-order valence-electron chi connectivity index (χ2n) is 5.26. The molecule has 0 aliphatic carbocycles. The number of benzene rings is 1. The number of amides is 1. The van der Waals surface area contributed by atoms with E-state index < -0.39 is 0 Å². The van der Waals surface area contributed by atoms with Gasteiger partial charge in [0, 0.05) is 6.54 Å². The molecule has 1 fully saturated rings. The number of carbonyl (C=O) groups excluding carboxylic acids is 1. The molecular formula is C15H20N4O2. The van der Waals surface area contributed by atoms with E-state index in [1.807, 2.05) is 22.8 Å². The van der Waals surface area contributed by atoms with E-state index in [1.165, 1.54) is 0 Å². The van der Waals surface area contributed by atoms with Gasteiger partial charge in [0.05, 0.1) is 12.1 Å². The van der Waals surface area contributed by atoms with Gasteiger partial charge >= 0.3 is 0 Å². The zero-order chi connectivity index (χ0) is 14.8. The number of nitrogens with two attached hydrogens (primary N) is 1. The monoisotopic (exact) mass is 288 g/mol. The highest BCUT2D eigenvalue weighted by molar-refractivity contribution is 5.88. The highest BCUT2D eigenvalue weighted by Crippen LogP contribution is 2.32. The molecule has 1 aromatic carbocycles. The molecule has 0 bridgehead atoms. The number of rotatable bonds is 4. The fraction of sp³-hybridized carbons (Fsp3) is 0.467. The number of ether oxygens (including phenoxy) is 1. The first-order valence-electron chi connectivity index (χ1n) is 7.39. The fourth-order valence-corrected chi connectivity index (χ4v) is 2.77. The number of imidazole rings is 1. The minimum absolute atomic E-state index is 0.00660. The van der Waals surface area contributed by atoms with Crippen LogP contribution in [0.25, 0.3) is 11.0 Å². The SMILES string of the molecule is CCCOc1cccc2c1nc(N)n2C1CCCNC1=O. The van der Waals surface area contributed by atoms with Gasteiger partial charge in [0.15, 0.2) is 0 Å². The molecule has 1 saturated heterocycles. The summed E-state index contributed by atoms with van der Waals surface area (Å²) >= 11 is 0. The van der Waals surface area contributed by atoms with Gasteiger partial charge < -0.3 is 15.8 Å². The first kappa shape index (κ1) is 13.7. The molecule has 3 N–H and O–H groups in total. The number of anilines is 1. The summed E-state index contributed by atoms with van der Waals surface area (Å²) in [5, 5.41) is 2.89. The van der Waals surface area contributed by atoms with Crippen LogP contribution in [-0.2, 0) is 4.79 Å². The number of piperidine rings is 1. The van der Waals surface area contributed by atoms with Crippen LogP contribution in [0.5, 0.6) is 5.75 Å². The number of carbonyl (C=O) groups is 1. The maximum absolute atomic E-state index is 12.1. The second-order valence-corrected chi connectivity index (χ2v) is 5.26. The van der Waals surface area contributed by atoms with E-state index in [4.69, 9.17) is 10.5 Å². The van der Waals surface area contributed by atoms with Gasteiger partial charge in [-0.25, -0.2) is 4.98 Å². The maximum atomic E-state index is 12.1. The molecular weight excluding hydrogens is 268 g/mol. The number of hydrogen-bond donors (Lipinski definition) is 2. The van der Waals surface area contributed by atoms with Crippen LogP contribution in [-0.4, -0.2) is 28.6 Å². The highest BCUT2D eigenvalue weighted by Gasteiger charge is 2.27. The van der Waals surface area contributed by atoms with Gasteiger partial charge in [-0.2, -0.15) is 0 Å². The van der Waals surface area contributed by atoms with E-state index in [0.717, 1.165) is 42.6 Å². The van der Waals surface area contributed by atoms with E-state index in [0.29, 0.717) is 12.6 Å². The van der Waals surface area contributed by atoms with Crippen molar-refractivity contribution in [1.82, 2.24) is 14.9 Å². The highest BCUT2D eigenvalue weighted by atomic mass is 16.5. The normalized spacial score (nSPS) is 18.7. The van der Waals surface area contributed by atoms with Gasteiger partial charge in [-0.05, 0) is 31.4 Å². The molecule has 0 saturated carbocycles. The Kier molecular flexibility index (Phi) is 3.68. The number of hydrogen-bond acceptors (Lipinski definition) is 4. The van der Waals surface area contributed by atoms with Crippen molar-refractivity contribution in [3.63, 3.8) is 0 Å². The largest absolute Gasteiger partial charge is 0.491 e. The first-order valence-corrected chi connectivity index (χ1v) is 7.39. The molecule has 0 radical (unpaired) electrons. The molecule has 3 rings (SSSR count). The lowest BCUT2D eigenvalue weighted by atomic mass is 10.1. The van der Waals surface area contributed by atoms with E-state index in [2.05, 4.69) is 17.2 Å². The molecule has 112 valence electrons. The van der Waals surface area contributed by atoms with Gasteiger partial charge in [-0.3, -0.25) is 9.36 Å². The minimum atomic E-state index is -0.287. The molecule has 2 aromatic rings. The van der Waals surface area contributed by atoms with E-state index in [9.17, 15) is 4.79 Å². The van der Waals surface area contributed by atoms with Crippen LogP contribution in [0, 0.1) is 0 Å². The fourth-order valence-electron chi connectivity index (χ4n) is 2.77. The molecule has 1 aliphatic rings. The standard InChI is InChI=1S/C15H20N4O2/c1-2-9-21-12-7-3-5-10-13(12)18-15(16)19(10)11-6-4-8-17-14(11)20/h3,5,7,11H,2,4,6,8-9H2,1H3,(H2,16,18)(H,17,20). The van der Waals surface area contributed by atoms with Crippen molar-refractivity contribution in [2.24, 2.45) is 0 Å². The Labute approximate surface area is 123 Å². The summed E-state index contributed by atoms with van der Waals surface area (Å²) in [6.45, 7) is 3.42. The number of nitrogen functional groups attached to an aromatic ring is 1. The van der Waals surface area contributed by atoms with Crippen molar-refractivity contribution in [2.45, 2.75) is 32.2 Å². The third-order valence-corrected chi connectivity index (χ3v) is 3.74. The van der Waals surface area contributed by atoms with Gasteiger partial charge in [0.25, 0.3) is 0 Å². The molecule has 1 aromatic heterocycles. The molecule has 21 heavy (non-hydrogen) atoms. The first-order chi connectivity index (χ1) is 10.2. The molecule has 1 unspecified atom stereocenters. The van der Waals surface area contributed by atoms with E-state index in [-0.39, 0.29) is 11.9 Å². The number of nitrogens with zero attached hydrogens (tertiary/aromatic N) is 2. The summed E-state index contributed by atoms with van der Waals surface area (Å²) < 4.78 is 7.54. The lowest BCUT2D eigenvalue weighted by Crippen LogP contribution is -2.38. The van der Waals surface area contributed by atoms with Crippen molar-refractivity contribution in [3.8, 4) is 5.75 Å². The lowest BCUT2D eigenvalue weighted by Gasteiger charge is -2.24. The maximum Gasteiger partial charge on any atom is 0.243 e. The van der Waals surface area contributed by atoms with Crippen molar-refractivity contribution in [2.75, 3.05) is 18.9 Å². The summed E-state index contributed by atoms with van der Waals surface area (Å²) in [6.07, 6.45) is 2.65. The van der Waals surface area contributed by atoms with Crippen molar-refractivity contribution in [3.05, 3.63) is 18.2 Å². The Morgan fingerprint density at radius 3 is 3.14 bits per heavy atom. The Morgan fingerprint density at radius 2 is 2.38 bits per heavy atom. The molecule has 0 spiro atoms. The van der Waals surface area contributed by atoms with Crippen LogP contribution in [0.4, 0.5) is 5.95 Å². The molecule has 1 atom stereocenters. The average molecular weight is 288 g/mol. The Balaban J connectivity index is 2.06. The Bertz CT molecular complexity index is 665. The van der Waals surface area contributed by atoms with Gasteiger partial charge in [0.2, 0.25) is 11.9 Å². The summed E-state index contributed by atoms with van der Waals surface area (Å²) in [5.74, 6) is 1.09. The predicted molar refractivity (Wildman–Crippen MR) is 81.2 cm³/mol. The predicted octanol–water partition coefficient (Wildman–Crippen LogP) is 1.86. The zero-order valence-electron chi connectivity index (χ0n) is 12.1. The van der Waals surface area contributed by atoms with Crippen LogP contribution in [0.3, 0.4) is 0 Å². The number of nitrogens with one attached hydrogen (secondary N) is 1. The summed E-state index contributed by atoms with van der Waals surface area (Å²) in [6, 6.07) is 5.44. The quantitative estimate of drug-likeness (QED) is 0.899. The van der Waals surface area contributed by atoms with Gasteiger partial charge in [-0.1, -0.05) is 13.0 Å². The van der Waals surface area contributed by atoms with Gasteiger partial charge in [-0.15, -0.1) is 0 Å². The van der Waals surface area contributed by atoms with Crippen molar-refractivity contribution in [1.29, 1.82) is 0 Å². The minimum Gasteiger partial charge on any atom is -0.491 e. The average Bonchev–Trinajstić information content (AvgIpc) is 2.82. The van der Waals surface area contributed by atoms with Crippen LogP contribution < -0.4 is 15.8 Å². The Hall–Kier alpha value is -2.24. The number of para-hydroxylation sites is 1. The van der Waals surface area contributed by atoms with E-state index in [1.54, 1.807) is 0 Å². The van der Waals surface area contributed by atoms with Crippen LogP contribution in [0.2, 0.25) is 0 Å². The van der Waals surface area contributed by atoms with Crippen LogP contribution in [0.15, 0.2) is 18.2 Å². The molecule has 2 heterocycles. The van der Waals surface area contributed by atoms with Crippen LogP contribution >= 0.6 is 0 Å². The smallest absolute Gasteiger partial charge is 0.243 e. The summed E-state index contributed by atoms with van der Waals surface area (Å²) in [5.41, 5.74) is 7.63. The molecule has 6 heteroatoms. The Morgan fingerprint density at radius 1 is 1.52 bits per heavy atom. The lowest BCUT2D eigenvalue weighted by molar-refractivity contribution is -0.125. The molecule has 1 aliphatic heterocycles. The zero-order valence-corrected chi connectivity index (χ0v) is 12.1.